The van der Waals surface area contributed by atoms with Gasteiger partial charge in [0, 0.05) is 6.07 Å². The fourth-order valence-corrected chi connectivity index (χ4v) is 3.62. The largest absolute Gasteiger partial charge is 0.495 e. The minimum Gasteiger partial charge on any atom is -0.495 e. The summed E-state index contributed by atoms with van der Waals surface area (Å²) in [4.78, 5) is 0.101. The molecule has 2 aromatic carbocycles. The fourth-order valence-electron chi connectivity index (χ4n) is 2.46. The molecular weight excluding hydrogens is 318 g/mol. The van der Waals surface area contributed by atoms with Gasteiger partial charge in [-0.25, -0.2) is 8.42 Å². The summed E-state index contributed by atoms with van der Waals surface area (Å²) in [7, 11) is -2.26. The zero-order chi connectivity index (χ0) is 16.6. The van der Waals surface area contributed by atoms with Crippen LogP contribution in [-0.4, -0.2) is 22.3 Å². The molecule has 0 radical (unpaired) electrons. The van der Waals surface area contributed by atoms with E-state index in [-0.39, 0.29) is 11.7 Å². The van der Waals surface area contributed by atoms with Gasteiger partial charge >= 0.3 is 0 Å². The smallest absolute Gasteiger partial charge is 0.262 e. The Bertz CT molecular complexity index is 861. The standard InChI is InChI=1S/C16H17NO5S/c1-10-6-11(2)16(15(7-10)20-3)17-23(18,19)12-4-5-13-14(8-12)22-9-21-13/h4-8,17H,9H2,1-3H3. The van der Waals surface area contributed by atoms with E-state index in [0.717, 1.165) is 11.1 Å². The van der Waals surface area contributed by atoms with Crippen molar-refractivity contribution in [2.24, 2.45) is 0 Å². The second kappa shape index (κ2) is 5.66. The van der Waals surface area contributed by atoms with Gasteiger partial charge in [-0.15, -0.1) is 0 Å². The van der Waals surface area contributed by atoms with E-state index < -0.39 is 10.0 Å². The SMILES string of the molecule is COc1cc(C)cc(C)c1NS(=O)(=O)c1ccc2c(c1)OCO2. The molecule has 6 nitrogen and oxygen atoms in total. The van der Waals surface area contributed by atoms with Gasteiger partial charge in [-0.2, -0.15) is 0 Å². The molecule has 1 heterocycles. The minimum absolute atomic E-state index is 0.0944. The maximum atomic E-state index is 12.6. The maximum absolute atomic E-state index is 12.6. The fraction of sp³-hybridized carbons (Fsp3) is 0.250. The molecule has 7 heteroatoms. The average Bonchev–Trinajstić information content (AvgIpc) is 2.97. The lowest BCUT2D eigenvalue weighted by molar-refractivity contribution is 0.174. The molecule has 0 unspecified atom stereocenters. The van der Waals surface area contributed by atoms with Crippen LogP contribution in [0.15, 0.2) is 35.2 Å². The quantitative estimate of drug-likeness (QED) is 0.930. The van der Waals surface area contributed by atoms with Gasteiger partial charge in [0.2, 0.25) is 6.79 Å². The Morgan fingerprint density at radius 3 is 2.57 bits per heavy atom. The molecule has 3 rings (SSSR count). The van der Waals surface area contributed by atoms with Crippen LogP contribution in [0.5, 0.6) is 17.2 Å². The molecule has 0 aliphatic carbocycles. The number of rotatable bonds is 4. The number of methoxy groups -OCH3 is 1. The molecule has 23 heavy (non-hydrogen) atoms. The number of aryl methyl sites for hydroxylation is 2. The van der Waals surface area contributed by atoms with Crippen molar-refractivity contribution in [3.8, 4) is 17.2 Å². The third-order valence-corrected chi connectivity index (χ3v) is 4.90. The lowest BCUT2D eigenvalue weighted by Gasteiger charge is -2.15. The lowest BCUT2D eigenvalue weighted by atomic mass is 10.1. The van der Waals surface area contributed by atoms with E-state index >= 15 is 0 Å². The molecule has 1 N–H and O–H groups in total. The highest BCUT2D eigenvalue weighted by molar-refractivity contribution is 7.92. The first-order valence-corrected chi connectivity index (χ1v) is 8.47. The van der Waals surface area contributed by atoms with Crippen LogP contribution in [-0.2, 0) is 10.0 Å². The Labute approximate surface area is 135 Å². The normalized spacial score (nSPS) is 13.0. The van der Waals surface area contributed by atoms with E-state index in [1.54, 1.807) is 12.1 Å². The third kappa shape index (κ3) is 2.92. The highest BCUT2D eigenvalue weighted by Crippen LogP contribution is 2.36. The van der Waals surface area contributed by atoms with E-state index in [1.807, 2.05) is 19.9 Å². The van der Waals surface area contributed by atoms with Crippen molar-refractivity contribution in [2.45, 2.75) is 18.7 Å². The van der Waals surface area contributed by atoms with Gasteiger partial charge in [-0.3, -0.25) is 4.72 Å². The maximum Gasteiger partial charge on any atom is 0.262 e. The van der Waals surface area contributed by atoms with Crippen molar-refractivity contribution in [1.29, 1.82) is 0 Å². The van der Waals surface area contributed by atoms with Gasteiger partial charge in [0.25, 0.3) is 10.0 Å². The third-order valence-electron chi connectivity index (χ3n) is 3.55. The summed E-state index contributed by atoms with van der Waals surface area (Å²) in [6.07, 6.45) is 0. The molecule has 2 aromatic rings. The summed E-state index contributed by atoms with van der Waals surface area (Å²) in [5.74, 6) is 1.43. The van der Waals surface area contributed by atoms with Crippen LogP contribution in [0, 0.1) is 13.8 Å². The number of hydrogen-bond acceptors (Lipinski definition) is 5. The lowest BCUT2D eigenvalue weighted by Crippen LogP contribution is -2.14. The van der Waals surface area contributed by atoms with Crippen LogP contribution >= 0.6 is 0 Å². The van der Waals surface area contributed by atoms with Crippen LogP contribution in [0.2, 0.25) is 0 Å². The topological polar surface area (TPSA) is 73.9 Å². The second-order valence-corrected chi connectivity index (χ2v) is 6.96. The Hall–Kier alpha value is -2.41. The molecule has 0 fully saturated rings. The monoisotopic (exact) mass is 335 g/mol. The van der Waals surface area contributed by atoms with Crippen LogP contribution < -0.4 is 18.9 Å². The molecule has 0 aromatic heterocycles. The number of benzene rings is 2. The van der Waals surface area contributed by atoms with Gasteiger partial charge in [0.15, 0.2) is 11.5 Å². The van der Waals surface area contributed by atoms with Gasteiger partial charge in [0.1, 0.15) is 5.75 Å². The Morgan fingerprint density at radius 2 is 1.83 bits per heavy atom. The molecule has 0 bridgehead atoms. The van der Waals surface area contributed by atoms with Crippen LogP contribution in [0.3, 0.4) is 0 Å². The van der Waals surface area contributed by atoms with Crippen molar-refractivity contribution in [3.63, 3.8) is 0 Å². The molecule has 0 atom stereocenters. The molecule has 1 aliphatic rings. The number of anilines is 1. The Kier molecular flexibility index (Phi) is 3.81. The number of sulfonamides is 1. The zero-order valence-electron chi connectivity index (χ0n) is 13.0. The van der Waals surface area contributed by atoms with E-state index in [0.29, 0.717) is 22.9 Å². The number of hydrogen-bond donors (Lipinski definition) is 1. The predicted octanol–water partition coefficient (Wildman–Crippen LogP) is 2.84. The summed E-state index contributed by atoms with van der Waals surface area (Å²) in [5.41, 5.74) is 2.20. The predicted molar refractivity (Wildman–Crippen MR) is 85.8 cm³/mol. The Morgan fingerprint density at radius 1 is 1.09 bits per heavy atom. The number of nitrogens with one attached hydrogen (secondary N) is 1. The van der Waals surface area contributed by atoms with Gasteiger partial charge in [-0.1, -0.05) is 6.07 Å². The molecule has 122 valence electrons. The minimum atomic E-state index is -3.77. The van der Waals surface area contributed by atoms with Gasteiger partial charge < -0.3 is 14.2 Å². The van der Waals surface area contributed by atoms with Crippen molar-refractivity contribution >= 4 is 15.7 Å². The first kappa shape index (κ1) is 15.5. The molecule has 0 saturated heterocycles. The zero-order valence-corrected chi connectivity index (χ0v) is 13.9. The summed E-state index contributed by atoms with van der Waals surface area (Å²) in [6.45, 7) is 3.84. The highest BCUT2D eigenvalue weighted by atomic mass is 32.2. The van der Waals surface area contributed by atoms with E-state index in [2.05, 4.69) is 4.72 Å². The summed E-state index contributed by atoms with van der Waals surface area (Å²) in [5, 5.41) is 0. The van der Waals surface area contributed by atoms with Crippen LogP contribution in [0.4, 0.5) is 5.69 Å². The van der Waals surface area contributed by atoms with Crippen molar-refractivity contribution in [1.82, 2.24) is 0 Å². The molecule has 0 spiro atoms. The van der Waals surface area contributed by atoms with E-state index in [4.69, 9.17) is 14.2 Å². The van der Waals surface area contributed by atoms with Crippen molar-refractivity contribution in [3.05, 3.63) is 41.5 Å². The average molecular weight is 335 g/mol. The number of ether oxygens (including phenoxy) is 3. The van der Waals surface area contributed by atoms with Gasteiger partial charge in [0.05, 0.1) is 17.7 Å². The van der Waals surface area contributed by atoms with Crippen molar-refractivity contribution < 1.29 is 22.6 Å². The van der Waals surface area contributed by atoms with Crippen LogP contribution in [0.1, 0.15) is 11.1 Å². The van der Waals surface area contributed by atoms with E-state index in [1.165, 1.54) is 19.2 Å². The summed E-state index contributed by atoms with van der Waals surface area (Å²) >= 11 is 0. The summed E-state index contributed by atoms with van der Waals surface area (Å²) in [6, 6.07) is 8.17. The van der Waals surface area contributed by atoms with Crippen molar-refractivity contribution in [2.75, 3.05) is 18.6 Å². The van der Waals surface area contributed by atoms with Crippen LogP contribution in [0.25, 0.3) is 0 Å². The Balaban J connectivity index is 1.99. The molecule has 1 aliphatic heterocycles. The second-order valence-electron chi connectivity index (χ2n) is 5.28. The molecule has 0 amide bonds. The molecular formula is C16H17NO5S. The van der Waals surface area contributed by atoms with Gasteiger partial charge in [-0.05, 0) is 43.2 Å². The first-order chi connectivity index (χ1) is 10.9. The first-order valence-electron chi connectivity index (χ1n) is 6.98. The van der Waals surface area contributed by atoms with E-state index in [9.17, 15) is 8.42 Å². The summed E-state index contributed by atoms with van der Waals surface area (Å²) < 4.78 is 43.6. The highest BCUT2D eigenvalue weighted by Gasteiger charge is 2.22. The molecule has 0 saturated carbocycles. The number of fused-ring (bicyclic) bond motifs is 1.